The first-order chi connectivity index (χ1) is 20.5. The molecule has 0 nitrogen and oxygen atoms in total. The van der Waals surface area contributed by atoms with Crippen LogP contribution in [-0.4, -0.2) is 0 Å². The molecule has 1 aromatic rings. The van der Waals surface area contributed by atoms with E-state index in [2.05, 4.69) is 53.7 Å². The second-order valence-corrected chi connectivity index (χ2v) is 18.0. The second-order valence-electron chi connectivity index (χ2n) is 18.0. The highest BCUT2D eigenvalue weighted by Crippen LogP contribution is 2.62. The Morgan fingerprint density at radius 1 is 0.429 bits per heavy atom. The molecule has 12 bridgehead atoms. The molecule has 0 saturated heterocycles. The van der Waals surface area contributed by atoms with Crippen LogP contribution in [0.4, 0.5) is 0 Å². The van der Waals surface area contributed by atoms with Crippen LogP contribution in [0.15, 0.2) is 12.1 Å². The lowest BCUT2D eigenvalue weighted by Crippen LogP contribution is -2.45. The summed E-state index contributed by atoms with van der Waals surface area (Å²) in [6, 6.07) is 8.10. The van der Waals surface area contributed by atoms with E-state index in [4.69, 9.17) is 0 Å². The molecule has 1 radical (unpaired) electrons. The monoisotopic (exact) mass is 551 g/mol. The Labute approximate surface area is 255 Å². The lowest BCUT2D eigenvalue weighted by molar-refractivity contribution is -0.0182. The van der Waals surface area contributed by atoms with Crippen LogP contribution in [0.1, 0.15) is 132 Å². The van der Waals surface area contributed by atoms with Crippen molar-refractivity contribution in [2.75, 3.05) is 0 Å². The van der Waals surface area contributed by atoms with E-state index in [0.29, 0.717) is 0 Å². The van der Waals surface area contributed by atoms with E-state index in [1.807, 2.05) is 0 Å². The average molecular weight is 552 g/mol. The molecule has 0 heterocycles. The predicted molar refractivity (Wildman–Crippen MR) is 168 cm³/mol. The Bertz CT molecular complexity index is 1390. The molecule has 0 spiro atoms. The zero-order valence-corrected chi connectivity index (χ0v) is 25.6. The fourth-order valence-electron chi connectivity index (χ4n) is 14.2. The minimum Gasteiger partial charge on any atom is -0.0910 e. The summed E-state index contributed by atoms with van der Waals surface area (Å²) in [6.07, 6.45) is 25.4. The third kappa shape index (κ3) is 4.27. The van der Waals surface area contributed by atoms with E-state index in [9.17, 15) is 0 Å². The number of hydrogen-bond donors (Lipinski definition) is 0. The highest BCUT2D eigenvalue weighted by atomic mass is 14.6. The van der Waals surface area contributed by atoms with Gasteiger partial charge in [-0.15, -0.1) is 0 Å². The summed E-state index contributed by atoms with van der Waals surface area (Å²) < 4.78 is 0. The summed E-state index contributed by atoms with van der Waals surface area (Å²) in [4.78, 5) is 0. The summed E-state index contributed by atoms with van der Waals surface area (Å²) in [7, 11) is 0. The molecule has 215 valence electrons. The second kappa shape index (κ2) is 8.98. The van der Waals surface area contributed by atoms with Gasteiger partial charge in [0.1, 0.15) is 0 Å². The molecule has 0 N–H and O–H groups in total. The highest BCUT2D eigenvalue weighted by Gasteiger charge is 2.52. The third-order valence-electron chi connectivity index (χ3n) is 14.5. The van der Waals surface area contributed by atoms with E-state index >= 15 is 0 Å². The van der Waals surface area contributed by atoms with Gasteiger partial charge in [0.2, 0.25) is 0 Å². The molecule has 12 aliphatic carbocycles. The van der Waals surface area contributed by atoms with Crippen molar-refractivity contribution in [1.82, 2.24) is 0 Å². The standard InChI is InChI=1S/C42H47/c1-2-38(4-7-41-22-32-12-33(23-41)14-34(13-32)24-41)39(5-8-42-25-35-15-36(26-42)17-37(16-35)27-42)18-28(1)3-6-40-19-29-9-30(20-40)11-31(10-29)21-40/h2,18,29-37H,9-17,19-27H2. The van der Waals surface area contributed by atoms with Crippen LogP contribution in [0.5, 0.6) is 0 Å². The molecule has 0 amide bonds. The Hall–Kier alpha value is -2.10. The molecular weight excluding hydrogens is 504 g/mol. The zero-order valence-electron chi connectivity index (χ0n) is 25.6. The SMILES string of the molecule is C(#CC12CC3CC(CC(C3)C1)C2)c1[c]cc(C#CC23CC4CC(CC(C4)C2)C3)c(C#CC23CC4CC(CC(C4)C2)C3)c1. The van der Waals surface area contributed by atoms with Crippen molar-refractivity contribution in [1.29, 1.82) is 0 Å². The van der Waals surface area contributed by atoms with Crippen molar-refractivity contribution in [3.05, 3.63) is 34.9 Å². The topological polar surface area (TPSA) is 0 Å². The summed E-state index contributed by atoms with van der Waals surface area (Å²) in [5.74, 6) is 31.6. The molecule has 0 aliphatic heterocycles. The number of hydrogen-bond acceptors (Lipinski definition) is 0. The molecule has 12 aliphatic rings. The normalized spacial score (nSPS) is 49.6. The van der Waals surface area contributed by atoms with Crippen molar-refractivity contribution in [2.45, 2.75) is 116 Å². The fourth-order valence-corrected chi connectivity index (χ4v) is 14.2. The molecule has 12 saturated carbocycles. The van der Waals surface area contributed by atoms with Crippen molar-refractivity contribution >= 4 is 0 Å². The highest BCUT2D eigenvalue weighted by molar-refractivity contribution is 5.55. The lowest BCUT2D eigenvalue weighted by Gasteiger charge is -2.54. The number of benzene rings is 1. The van der Waals surface area contributed by atoms with Gasteiger partial charge in [-0.3, -0.25) is 0 Å². The van der Waals surface area contributed by atoms with Gasteiger partial charge >= 0.3 is 0 Å². The Kier molecular flexibility index (Phi) is 5.40. The van der Waals surface area contributed by atoms with E-state index in [-0.39, 0.29) is 16.2 Å². The van der Waals surface area contributed by atoms with E-state index in [0.717, 1.165) is 70.0 Å². The van der Waals surface area contributed by atoms with Crippen LogP contribution in [0, 0.1) is 111 Å². The van der Waals surface area contributed by atoms with Crippen molar-refractivity contribution in [2.24, 2.45) is 69.5 Å². The Morgan fingerprint density at radius 2 is 0.738 bits per heavy atom. The van der Waals surface area contributed by atoms with Crippen LogP contribution in [0.3, 0.4) is 0 Å². The molecule has 0 heteroatoms. The summed E-state index contributed by atoms with van der Waals surface area (Å²) in [5, 5.41) is 0. The van der Waals surface area contributed by atoms with Gasteiger partial charge in [-0.05, 0) is 187 Å². The number of rotatable bonds is 0. The largest absolute Gasteiger partial charge is 0.0910 e. The van der Waals surface area contributed by atoms with E-state index in [1.54, 1.807) is 0 Å². The molecule has 0 aromatic heterocycles. The quantitative estimate of drug-likeness (QED) is 0.282. The van der Waals surface area contributed by atoms with Gasteiger partial charge in [0.25, 0.3) is 0 Å². The lowest BCUT2D eigenvalue weighted by atomic mass is 9.50. The van der Waals surface area contributed by atoms with Gasteiger partial charge in [-0.25, -0.2) is 0 Å². The maximum absolute atomic E-state index is 3.98. The predicted octanol–water partition coefficient (Wildman–Crippen LogP) is 9.19. The van der Waals surface area contributed by atoms with Crippen LogP contribution in [-0.2, 0) is 0 Å². The summed E-state index contributed by atoms with van der Waals surface area (Å²) in [6.45, 7) is 0. The van der Waals surface area contributed by atoms with Gasteiger partial charge in [-0.1, -0.05) is 35.5 Å². The Balaban J connectivity index is 1.00. The zero-order chi connectivity index (χ0) is 27.5. The maximum Gasteiger partial charge on any atom is 0.0414 e. The Morgan fingerprint density at radius 3 is 1.10 bits per heavy atom. The van der Waals surface area contributed by atoms with Crippen LogP contribution in [0.2, 0.25) is 0 Å². The summed E-state index contributed by atoms with van der Waals surface area (Å²) in [5.41, 5.74) is 4.16. The van der Waals surface area contributed by atoms with Crippen LogP contribution >= 0.6 is 0 Å². The first-order valence-electron chi connectivity index (χ1n) is 18.1. The van der Waals surface area contributed by atoms with Gasteiger partial charge < -0.3 is 0 Å². The van der Waals surface area contributed by atoms with Crippen molar-refractivity contribution in [3.63, 3.8) is 0 Å². The van der Waals surface area contributed by atoms with Gasteiger partial charge in [-0.2, -0.15) is 0 Å². The molecule has 12 fully saturated rings. The van der Waals surface area contributed by atoms with Gasteiger partial charge in [0.05, 0.1) is 0 Å². The fraction of sp³-hybridized carbons (Fsp3) is 0.714. The van der Waals surface area contributed by atoms with Crippen molar-refractivity contribution < 1.29 is 0 Å². The molecule has 0 atom stereocenters. The maximum atomic E-state index is 3.98. The molecule has 0 unspecified atom stereocenters. The molecule has 1 aromatic carbocycles. The van der Waals surface area contributed by atoms with Crippen LogP contribution in [0.25, 0.3) is 0 Å². The van der Waals surface area contributed by atoms with Crippen LogP contribution < -0.4 is 0 Å². The first-order valence-corrected chi connectivity index (χ1v) is 18.1. The molecule has 13 rings (SSSR count). The minimum atomic E-state index is 0.268. The summed E-state index contributed by atoms with van der Waals surface area (Å²) >= 11 is 0. The third-order valence-corrected chi connectivity index (χ3v) is 14.5. The van der Waals surface area contributed by atoms with E-state index in [1.165, 1.54) is 116 Å². The van der Waals surface area contributed by atoms with Gasteiger partial charge in [0.15, 0.2) is 0 Å². The van der Waals surface area contributed by atoms with E-state index < -0.39 is 0 Å². The molecule has 42 heavy (non-hydrogen) atoms. The smallest absolute Gasteiger partial charge is 0.0414 e. The average Bonchev–Trinajstić information content (AvgIpc) is 2.92. The van der Waals surface area contributed by atoms with Gasteiger partial charge in [0, 0.05) is 32.9 Å². The van der Waals surface area contributed by atoms with Crippen molar-refractivity contribution in [3.8, 4) is 35.5 Å². The first kappa shape index (κ1) is 25.2. The molecular formula is C42H47. The minimum absolute atomic E-state index is 0.268.